The molecule has 9 nitrogen and oxygen atoms in total. The summed E-state index contributed by atoms with van der Waals surface area (Å²) in [6.45, 7) is 2.26. The smallest absolute Gasteiger partial charge is 0.245 e. The van der Waals surface area contributed by atoms with Gasteiger partial charge in [0.15, 0.2) is 0 Å². The number of carbonyl (C=O) groups excluding carboxylic acids is 1. The first kappa shape index (κ1) is 20.6. The number of aromatic amines is 1. The van der Waals surface area contributed by atoms with Gasteiger partial charge in [0.25, 0.3) is 0 Å². The number of H-pyrrole nitrogens is 1. The Morgan fingerprint density at radius 3 is 2.53 bits per heavy atom. The largest absolute Gasteiger partial charge is 0.345 e. The second-order valence-electron chi connectivity index (χ2n) is 7.95. The summed E-state index contributed by atoms with van der Waals surface area (Å²) < 4.78 is 27.9. The maximum absolute atomic E-state index is 13.2. The summed E-state index contributed by atoms with van der Waals surface area (Å²) in [7, 11) is -3.65. The highest BCUT2D eigenvalue weighted by atomic mass is 32.2. The zero-order valence-electron chi connectivity index (χ0n) is 17.3. The molecule has 1 aromatic carbocycles. The molecule has 1 unspecified atom stereocenters. The molecule has 2 fully saturated rings. The van der Waals surface area contributed by atoms with E-state index in [1.54, 1.807) is 47.5 Å². The molecule has 4 heterocycles. The first-order valence-corrected chi connectivity index (χ1v) is 11.9. The fourth-order valence-electron chi connectivity index (χ4n) is 4.51. The summed E-state index contributed by atoms with van der Waals surface area (Å²) >= 11 is 0. The van der Waals surface area contributed by atoms with Crippen LogP contribution >= 0.6 is 0 Å². The molecule has 2 aliphatic heterocycles. The van der Waals surface area contributed by atoms with Gasteiger partial charge in [0.1, 0.15) is 10.5 Å². The van der Waals surface area contributed by atoms with Gasteiger partial charge in [-0.25, -0.2) is 13.4 Å². The van der Waals surface area contributed by atoms with Gasteiger partial charge in [-0.15, -0.1) is 0 Å². The number of nitrogens with zero attached hydrogens (tertiary/aromatic N) is 5. The number of benzene rings is 1. The number of nitrogens with one attached hydrogen (secondary N) is 1. The molecule has 1 atom stereocenters. The predicted octanol–water partition coefficient (Wildman–Crippen LogP) is 1.55. The quantitative estimate of drug-likeness (QED) is 0.645. The van der Waals surface area contributed by atoms with E-state index in [1.807, 2.05) is 0 Å². The molecule has 2 aromatic heterocycles. The molecule has 0 spiro atoms. The van der Waals surface area contributed by atoms with E-state index in [0.717, 1.165) is 5.69 Å². The predicted molar refractivity (Wildman–Crippen MR) is 118 cm³/mol. The third-order valence-corrected chi connectivity index (χ3v) is 8.17. The zero-order chi connectivity index (χ0) is 22.3. The number of aromatic nitrogens is 2. The second-order valence-corrected chi connectivity index (χ2v) is 9.85. The van der Waals surface area contributed by atoms with E-state index in [9.17, 15) is 13.2 Å². The second kappa shape index (κ2) is 8.02. The molecule has 32 heavy (non-hydrogen) atoms. The van der Waals surface area contributed by atoms with E-state index in [1.165, 1.54) is 10.5 Å². The van der Waals surface area contributed by atoms with E-state index in [2.05, 4.69) is 20.9 Å². The molecule has 2 aliphatic rings. The number of hydrogen-bond donors (Lipinski definition) is 1. The molecular formula is C22H22N6O3S. The van der Waals surface area contributed by atoms with Crippen molar-refractivity contribution in [2.45, 2.75) is 17.4 Å². The van der Waals surface area contributed by atoms with Gasteiger partial charge in [-0.3, -0.25) is 9.69 Å². The number of amides is 1. The van der Waals surface area contributed by atoms with Crippen molar-refractivity contribution in [1.82, 2.24) is 19.2 Å². The van der Waals surface area contributed by atoms with Crippen LogP contribution in [0.1, 0.15) is 12.0 Å². The summed E-state index contributed by atoms with van der Waals surface area (Å²) in [5, 5.41) is 9.54. The lowest BCUT2D eigenvalue weighted by atomic mass is 10.2. The molecule has 10 heteroatoms. The monoisotopic (exact) mass is 450 g/mol. The number of rotatable bonds is 4. The lowest BCUT2D eigenvalue weighted by molar-refractivity contribution is -0.122. The number of sulfonamides is 1. The number of carbonyl (C=O) groups is 1. The van der Waals surface area contributed by atoms with Crippen LogP contribution in [0.4, 0.5) is 5.69 Å². The zero-order valence-corrected chi connectivity index (χ0v) is 18.1. The summed E-state index contributed by atoms with van der Waals surface area (Å²) in [5.41, 5.74) is 1.88. The van der Waals surface area contributed by atoms with Crippen molar-refractivity contribution in [3.8, 4) is 6.07 Å². The fraction of sp³-hybridized carbons (Fsp3) is 0.318. The van der Waals surface area contributed by atoms with E-state index >= 15 is 0 Å². The highest BCUT2D eigenvalue weighted by Gasteiger charge is 2.39. The van der Waals surface area contributed by atoms with Crippen LogP contribution in [-0.4, -0.2) is 72.3 Å². The molecule has 0 bridgehead atoms. The summed E-state index contributed by atoms with van der Waals surface area (Å²) in [5.74, 6) is 0.0220. The lowest BCUT2D eigenvalue weighted by Crippen LogP contribution is -2.53. The molecular weight excluding hydrogens is 428 g/mol. The minimum atomic E-state index is -3.65. The Balaban J connectivity index is 1.26. The number of nitriles is 1. The Morgan fingerprint density at radius 1 is 1.06 bits per heavy atom. The number of piperazine rings is 1. The number of hydrogen-bond acceptors (Lipinski definition) is 6. The SMILES string of the molecule is N#Cc1ccc(N2CCC(N3CCN(S(=O)(=O)c4c[nH]c5ncccc45)CC3)C2=O)cc1. The Morgan fingerprint density at radius 2 is 1.81 bits per heavy atom. The highest BCUT2D eigenvalue weighted by Crippen LogP contribution is 2.28. The van der Waals surface area contributed by atoms with Crippen molar-refractivity contribution < 1.29 is 13.2 Å². The van der Waals surface area contributed by atoms with Gasteiger partial charge < -0.3 is 9.88 Å². The van der Waals surface area contributed by atoms with Gasteiger partial charge in [0.05, 0.1) is 17.7 Å². The molecule has 0 aliphatic carbocycles. The summed E-state index contributed by atoms with van der Waals surface area (Å²) in [6, 6.07) is 12.3. The summed E-state index contributed by atoms with van der Waals surface area (Å²) in [4.78, 5) is 24.2. The van der Waals surface area contributed by atoms with Crippen molar-refractivity contribution >= 4 is 32.7 Å². The van der Waals surface area contributed by atoms with Crippen LogP contribution < -0.4 is 4.90 Å². The Bertz CT molecular complexity index is 1300. The van der Waals surface area contributed by atoms with Crippen molar-refractivity contribution in [2.24, 2.45) is 0 Å². The van der Waals surface area contributed by atoms with Crippen LogP contribution in [0.3, 0.4) is 0 Å². The normalized spacial score (nSPS) is 20.7. The van der Waals surface area contributed by atoms with Gasteiger partial charge in [-0.2, -0.15) is 9.57 Å². The van der Waals surface area contributed by atoms with Crippen molar-refractivity contribution in [3.05, 3.63) is 54.4 Å². The van der Waals surface area contributed by atoms with E-state index < -0.39 is 10.0 Å². The maximum Gasteiger partial charge on any atom is 0.245 e. The third kappa shape index (κ3) is 3.44. The standard InChI is InChI=1S/C22H22N6O3S/c23-14-16-3-5-17(6-4-16)28-9-7-19(22(28)29)26-10-12-27(13-11-26)32(30,31)20-15-25-21-18(20)2-1-8-24-21/h1-6,8,15,19H,7,9-13H2,(H,24,25). The molecule has 5 rings (SSSR count). The first-order valence-electron chi connectivity index (χ1n) is 10.5. The van der Waals surface area contributed by atoms with Crippen molar-refractivity contribution in [3.63, 3.8) is 0 Å². The van der Waals surface area contributed by atoms with Gasteiger partial charge in [-0.05, 0) is 42.8 Å². The highest BCUT2D eigenvalue weighted by molar-refractivity contribution is 7.89. The van der Waals surface area contributed by atoms with E-state index in [4.69, 9.17) is 5.26 Å². The van der Waals surface area contributed by atoms with Gasteiger partial charge in [0.2, 0.25) is 15.9 Å². The molecule has 164 valence electrons. The maximum atomic E-state index is 13.2. The van der Waals surface area contributed by atoms with Crippen LogP contribution in [0.25, 0.3) is 11.0 Å². The minimum Gasteiger partial charge on any atom is -0.345 e. The molecule has 0 saturated carbocycles. The fourth-order valence-corrected chi connectivity index (χ4v) is 6.09. The average Bonchev–Trinajstić information content (AvgIpc) is 3.43. The number of fused-ring (bicyclic) bond motifs is 1. The van der Waals surface area contributed by atoms with Gasteiger partial charge in [-0.1, -0.05) is 0 Å². The molecule has 1 amide bonds. The molecule has 0 radical (unpaired) electrons. The Hall–Kier alpha value is -3.26. The Labute approximate surface area is 185 Å². The minimum absolute atomic E-state index is 0.0220. The summed E-state index contributed by atoms with van der Waals surface area (Å²) in [6.07, 6.45) is 3.81. The van der Waals surface area contributed by atoms with Crippen molar-refractivity contribution in [1.29, 1.82) is 5.26 Å². The third-order valence-electron chi connectivity index (χ3n) is 6.23. The molecule has 2 saturated heterocycles. The topological polar surface area (TPSA) is 113 Å². The molecule has 3 aromatic rings. The lowest BCUT2D eigenvalue weighted by Gasteiger charge is -2.36. The average molecular weight is 451 g/mol. The number of anilines is 1. The van der Waals surface area contributed by atoms with Crippen LogP contribution in [0.15, 0.2) is 53.7 Å². The van der Waals surface area contributed by atoms with E-state index in [-0.39, 0.29) is 16.8 Å². The van der Waals surface area contributed by atoms with Gasteiger partial charge >= 0.3 is 0 Å². The van der Waals surface area contributed by atoms with Crippen molar-refractivity contribution in [2.75, 3.05) is 37.6 Å². The van der Waals surface area contributed by atoms with Crippen LogP contribution in [-0.2, 0) is 14.8 Å². The van der Waals surface area contributed by atoms with Crippen LogP contribution in [0.5, 0.6) is 0 Å². The Kier molecular flexibility index (Phi) is 5.17. The first-order chi connectivity index (χ1) is 15.5. The van der Waals surface area contributed by atoms with E-state index in [0.29, 0.717) is 55.7 Å². The molecule has 1 N–H and O–H groups in total. The van der Waals surface area contributed by atoms with Crippen LogP contribution in [0, 0.1) is 11.3 Å². The number of pyridine rings is 1. The van der Waals surface area contributed by atoms with Gasteiger partial charge in [0, 0.05) is 56.2 Å². The van der Waals surface area contributed by atoms with Crippen LogP contribution in [0.2, 0.25) is 0 Å².